The summed E-state index contributed by atoms with van der Waals surface area (Å²) in [6, 6.07) is 7.93. The molecule has 2 aliphatic rings. The predicted octanol–water partition coefficient (Wildman–Crippen LogP) is 4.47. The Morgan fingerprint density at radius 1 is 1.23 bits per heavy atom. The highest BCUT2D eigenvalue weighted by Gasteiger charge is 2.41. The van der Waals surface area contributed by atoms with E-state index in [0.717, 1.165) is 16.4 Å². The largest absolute Gasteiger partial charge is 0.463 e. The van der Waals surface area contributed by atoms with Crippen molar-refractivity contribution in [1.82, 2.24) is 10.2 Å². The van der Waals surface area contributed by atoms with Crippen LogP contribution in [0.15, 0.2) is 51.6 Å². The van der Waals surface area contributed by atoms with Crippen LogP contribution in [0.4, 0.5) is 0 Å². The molecular weight excluding hydrogens is 398 g/mol. The molecule has 0 aromatic heterocycles. The SMILES string of the molecule is CCNC(=O)CC1=CSC2=NC(C)=C(C(=O)OCC)C(c3ccc(C(C)C)cc3)N12. The van der Waals surface area contributed by atoms with Gasteiger partial charge < -0.3 is 15.0 Å². The fraction of sp³-hybridized carbons (Fsp3) is 0.435. The molecule has 1 unspecified atom stereocenters. The zero-order chi connectivity index (χ0) is 21.8. The summed E-state index contributed by atoms with van der Waals surface area (Å²) in [6.45, 7) is 10.7. The molecule has 0 aliphatic carbocycles. The van der Waals surface area contributed by atoms with Crippen molar-refractivity contribution >= 4 is 28.8 Å². The van der Waals surface area contributed by atoms with Gasteiger partial charge in [-0.25, -0.2) is 9.79 Å². The van der Waals surface area contributed by atoms with Crippen LogP contribution in [0.1, 0.15) is 64.1 Å². The summed E-state index contributed by atoms with van der Waals surface area (Å²) in [7, 11) is 0. The number of amidine groups is 1. The van der Waals surface area contributed by atoms with Crippen molar-refractivity contribution in [2.75, 3.05) is 13.2 Å². The number of fused-ring (bicyclic) bond motifs is 1. The van der Waals surface area contributed by atoms with Gasteiger partial charge >= 0.3 is 5.97 Å². The number of allylic oxidation sites excluding steroid dienone is 1. The van der Waals surface area contributed by atoms with E-state index >= 15 is 0 Å². The first-order valence-electron chi connectivity index (χ1n) is 10.3. The Morgan fingerprint density at radius 2 is 1.93 bits per heavy atom. The number of carbonyl (C=O) groups excluding carboxylic acids is 2. The van der Waals surface area contributed by atoms with Gasteiger partial charge in [0.15, 0.2) is 5.17 Å². The second-order valence-electron chi connectivity index (χ2n) is 7.57. The van der Waals surface area contributed by atoms with Gasteiger partial charge in [0, 0.05) is 12.2 Å². The first-order chi connectivity index (χ1) is 14.4. The molecule has 0 radical (unpaired) electrons. The molecular formula is C23H29N3O3S. The van der Waals surface area contributed by atoms with Gasteiger partial charge in [-0.1, -0.05) is 49.9 Å². The molecule has 0 bridgehead atoms. The lowest BCUT2D eigenvalue weighted by Gasteiger charge is -2.36. The summed E-state index contributed by atoms with van der Waals surface area (Å²) in [4.78, 5) is 31.9. The number of aliphatic imine (C=N–C) groups is 1. The van der Waals surface area contributed by atoms with Gasteiger partial charge in [0.25, 0.3) is 0 Å². The highest BCUT2D eigenvalue weighted by Crippen LogP contribution is 2.44. The Balaban J connectivity index is 2.05. The van der Waals surface area contributed by atoms with Gasteiger partial charge in [-0.15, -0.1) is 0 Å². The molecule has 1 amide bonds. The van der Waals surface area contributed by atoms with Gasteiger partial charge in [0.05, 0.1) is 30.3 Å². The number of nitrogens with zero attached hydrogens (tertiary/aromatic N) is 2. The van der Waals surface area contributed by atoms with Crippen molar-refractivity contribution in [2.24, 2.45) is 4.99 Å². The lowest BCUT2D eigenvalue weighted by atomic mass is 9.92. The van der Waals surface area contributed by atoms with Gasteiger partial charge in [0.1, 0.15) is 0 Å². The number of benzene rings is 1. The van der Waals surface area contributed by atoms with Crippen molar-refractivity contribution in [3.05, 3.63) is 57.8 Å². The number of thioether (sulfide) groups is 1. The van der Waals surface area contributed by atoms with E-state index in [2.05, 4.69) is 48.4 Å². The number of nitrogens with one attached hydrogen (secondary N) is 1. The Bertz CT molecular complexity index is 916. The molecule has 0 fully saturated rings. The Morgan fingerprint density at radius 3 is 2.53 bits per heavy atom. The number of hydrogen-bond donors (Lipinski definition) is 1. The van der Waals surface area contributed by atoms with Gasteiger partial charge in [0.2, 0.25) is 5.91 Å². The molecule has 0 saturated heterocycles. The van der Waals surface area contributed by atoms with E-state index in [4.69, 9.17) is 4.74 Å². The number of hydrogen-bond acceptors (Lipinski definition) is 6. The van der Waals surface area contributed by atoms with Gasteiger partial charge in [-0.2, -0.15) is 0 Å². The maximum atomic E-state index is 12.9. The van der Waals surface area contributed by atoms with Crippen molar-refractivity contribution in [1.29, 1.82) is 0 Å². The Labute approximate surface area is 182 Å². The summed E-state index contributed by atoms with van der Waals surface area (Å²) >= 11 is 1.48. The zero-order valence-electron chi connectivity index (χ0n) is 18.2. The van der Waals surface area contributed by atoms with Crippen molar-refractivity contribution in [3.8, 4) is 0 Å². The van der Waals surface area contributed by atoms with E-state index in [9.17, 15) is 9.59 Å². The second-order valence-corrected chi connectivity index (χ2v) is 8.40. The molecule has 1 aromatic rings. The van der Waals surface area contributed by atoms with Crippen LogP contribution in [-0.4, -0.2) is 35.1 Å². The fourth-order valence-corrected chi connectivity index (χ4v) is 4.61. The molecule has 0 spiro atoms. The molecule has 6 nitrogen and oxygen atoms in total. The molecule has 0 saturated carbocycles. The third-order valence-corrected chi connectivity index (χ3v) is 6.02. The molecule has 2 aliphatic heterocycles. The first kappa shape index (κ1) is 22.2. The minimum atomic E-state index is -0.381. The van der Waals surface area contributed by atoms with Crippen LogP contribution in [0, 0.1) is 0 Å². The van der Waals surface area contributed by atoms with Crippen molar-refractivity contribution < 1.29 is 14.3 Å². The minimum Gasteiger partial charge on any atom is -0.463 e. The van der Waals surface area contributed by atoms with E-state index in [-0.39, 0.29) is 24.3 Å². The van der Waals surface area contributed by atoms with Crippen molar-refractivity contribution in [3.63, 3.8) is 0 Å². The van der Waals surface area contributed by atoms with E-state index in [0.29, 0.717) is 30.3 Å². The summed E-state index contributed by atoms with van der Waals surface area (Å²) in [5, 5.41) is 5.57. The first-order valence-corrected chi connectivity index (χ1v) is 11.2. The number of ether oxygens (including phenoxy) is 1. The van der Waals surface area contributed by atoms with Crippen LogP contribution in [0.3, 0.4) is 0 Å². The quantitative estimate of drug-likeness (QED) is 0.650. The standard InChI is InChI=1S/C23H29N3O3S/c1-6-24-19(27)12-18-13-30-23-25-15(5)20(22(28)29-7-2)21(26(18)23)17-10-8-16(9-11-17)14(3)4/h8-11,13-14,21H,6-7,12H2,1-5H3,(H,24,27). The summed E-state index contributed by atoms with van der Waals surface area (Å²) in [5.74, 6) is -0.00617. The zero-order valence-corrected chi connectivity index (χ0v) is 19.0. The fourth-order valence-electron chi connectivity index (χ4n) is 3.64. The number of esters is 1. The maximum Gasteiger partial charge on any atom is 0.338 e. The van der Waals surface area contributed by atoms with Crippen LogP contribution in [0.25, 0.3) is 0 Å². The normalized spacial score (nSPS) is 18.2. The summed E-state index contributed by atoms with van der Waals surface area (Å²) < 4.78 is 5.37. The Hall–Kier alpha value is -2.54. The second kappa shape index (κ2) is 9.51. The van der Waals surface area contributed by atoms with Crippen LogP contribution < -0.4 is 5.32 Å². The topological polar surface area (TPSA) is 71.0 Å². The highest BCUT2D eigenvalue weighted by atomic mass is 32.2. The molecule has 160 valence electrons. The van der Waals surface area contributed by atoms with Crippen LogP contribution >= 0.6 is 11.8 Å². The van der Waals surface area contributed by atoms with Crippen molar-refractivity contribution in [2.45, 2.75) is 53.0 Å². The average molecular weight is 428 g/mol. The van der Waals surface area contributed by atoms with Gasteiger partial charge in [-0.3, -0.25) is 4.79 Å². The molecule has 2 heterocycles. The lowest BCUT2D eigenvalue weighted by Crippen LogP contribution is -2.38. The molecule has 1 atom stereocenters. The lowest BCUT2D eigenvalue weighted by molar-refractivity contribution is -0.139. The summed E-state index contributed by atoms with van der Waals surface area (Å²) in [5.41, 5.74) is 4.20. The molecule has 1 aromatic carbocycles. The van der Waals surface area contributed by atoms with E-state index in [1.807, 2.05) is 24.2 Å². The van der Waals surface area contributed by atoms with Crippen LogP contribution in [0.2, 0.25) is 0 Å². The number of rotatable bonds is 7. The molecule has 1 N–H and O–H groups in total. The minimum absolute atomic E-state index is 0.0523. The van der Waals surface area contributed by atoms with E-state index in [1.54, 1.807) is 6.92 Å². The Kier molecular flexibility index (Phi) is 7.02. The maximum absolute atomic E-state index is 12.9. The van der Waals surface area contributed by atoms with E-state index < -0.39 is 0 Å². The number of amides is 1. The molecule has 30 heavy (non-hydrogen) atoms. The monoisotopic (exact) mass is 427 g/mol. The molecule has 7 heteroatoms. The highest BCUT2D eigenvalue weighted by molar-refractivity contribution is 8.16. The smallest absolute Gasteiger partial charge is 0.338 e. The van der Waals surface area contributed by atoms with Gasteiger partial charge in [-0.05, 0) is 43.2 Å². The average Bonchev–Trinajstić information content (AvgIpc) is 3.09. The van der Waals surface area contributed by atoms with Crippen LogP contribution in [0.5, 0.6) is 0 Å². The number of carbonyl (C=O) groups is 2. The van der Waals surface area contributed by atoms with Crippen LogP contribution in [-0.2, 0) is 14.3 Å². The van der Waals surface area contributed by atoms with E-state index in [1.165, 1.54) is 17.3 Å². The third kappa shape index (κ3) is 4.46. The molecule has 3 rings (SSSR count). The summed E-state index contributed by atoms with van der Waals surface area (Å²) in [6.07, 6.45) is 0.232. The predicted molar refractivity (Wildman–Crippen MR) is 121 cm³/mol. The third-order valence-electron chi connectivity index (χ3n) is 5.13.